The molecule has 2 fully saturated rings. The van der Waals surface area contributed by atoms with Gasteiger partial charge < -0.3 is 4.90 Å². The number of thiocarbonyl (C=S) groups is 1. The van der Waals surface area contributed by atoms with Crippen molar-refractivity contribution in [2.75, 3.05) is 24.5 Å². The minimum Gasteiger partial charge on any atom is -0.356 e. The molecule has 0 saturated carbocycles. The highest BCUT2D eigenvalue weighted by Gasteiger charge is 2.32. The van der Waals surface area contributed by atoms with Crippen molar-refractivity contribution in [3.63, 3.8) is 0 Å². The molecular formula is C22H26N4O2S2. The summed E-state index contributed by atoms with van der Waals surface area (Å²) in [5.41, 5.74) is 1.91. The maximum atomic E-state index is 13.5. The van der Waals surface area contributed by atoms with Crippen LogP contribution in [-0.2, 0) is 4.79 Å². The Balaban J connectivity index is 1.87. The molecule has 2 aliphatic heterocycles. The summed E-state index contributed by atoms with van der Waals surface area (Å²) < 4.78 is 2.12. The first-order valence-electron chi connectivity index (χ1n) is 10.4. The average molecular weight is 443 g/mol. The van der Waals surface area contributed by atoms with E-state index in [2.05, 4.69) is 11.8 Å². The lowest BCUT2D eigenvalue weighted by molar-refractivity contribution is -0.122. The topological polar surface area (TPSA) is 57.9 Å². The number of aryl methyl sites for hydroxylation is 1. The number of amides is 1. The van der Waals surface area contributed by atoms with Gasteiger partial charge in [-0.05, 0) is 49.8 Å². The van der Waals surface area contributed by atoms with Crippen LogP contribution in [0.4, 0.5) is 5.82 Å². The zero-order valence-corrected chi connectivity index (χ0v) is 19.2. The Morgan fingerprint density at radius 2 is 2.03 bits per heavy atom. The van der Waals surface area contributed by atoms with Crippen molar-refractivity contribution in [2.24, 2.45) is 5.92 Å². The summed E-state index contributed by atoms with van der Waals surface area (Å²) in [6.07, 6.45) is 6.39. The van der Waals surface area contributed by atoms with Gasteiger partial charge in [-0.2, -0.15) is 0 Å². The van der Waals surface area contributed by atoms with Crippen LogP contribution in [0.25, 0.3) is 11.7 Å². The van der Waals surface area contributed by atoms with Crippen LogP contribution in [0.15, 0.2) is 28.0 Å². The molecule has 2 saturated heterocycles. The number of carbonyl (C=O) groups excluding carboxylic acids is 1. The number of thioether (sulfide) groups is 1. The number of aromatic nitrogens is 2. The molecule has 8 heteroatoms. The van der Waals surface area contributed by atoms with Crippen LogP contribution in [0.3, 0.4) is 0 Å². The van der Waals surface area contributed by atoms with Gasteiger partial charge in [0, 0.05) is 25.8 Å². The van der Waals surface area contributed by atoms with E-state index in [0.717, 1.165) is 37.9 Å². The zero-order chi connectivity index (χ0) is 21.4. The Morgan fingerprint density at radius 1 is 1.30 bits per heavy atom. The second kappa shape index (κ2) is 8.51. The van der Waals surface area contributed by atoms with Gasteiger partial charge in [-0.15, -0.1) is 0 Å². The smallest absolute Gasteiger partial charge is 0.267 e. The van der Waals surface area contributed by atoms with Crippen molar-refractivity contribution in [1.29, 1.82) is 0 Å². The molecule has 0 N–H and O–H groups in total. The van der Waals surface area contributed by atoms with Crippen molar-refractivity contribution in [1.82, 2.24) is 14.3 Å². The van der Waals surface area contributed by atoms with E-state index in [-0.39, 0.29) is 11.5 Å². The third kappa shape index (κ3) is 3.78. The van der Waals surface area contributed by atoms with Gasteiger partial charge in [-0.1, -0.05) is 43.9 Å². The van der Waals surface area contributed by atoms with Crippen molar-refractivity contribution in [2.45, 2.75) is 40.0 Å². The quantitative estimate of drug-likeness (QED) is 0.530. The second-order valence-electron chi connectivity index (χ2n) is 8.04. The molecule has 2 aliphatic rings. The highest BCUT2D eigenvalue weighted by atomic mass is 32.2. The molecule has 0 spiro atoms. The fourth-order valence-electron chi connectivity index (χ4n) is 3.94. The summed E-state index contributed by atoms with van der Waals surface area (Å²) in [7, 11) is 0. The second-order valence-corrected chi connectivity index (χ2v) is 9.72. The predicted molar refractivity (Wildman–Crippen MR) is 127 cm³/mol. The lowest BCUT2D eigenvalue weighted by Gasteiger charge is -2.32. The highest BCUT2D eigenvalue weighted by molar-refractivity contribution is 8.26. The van der Waals surface area contributed by atoms with E-state index < -0.39 is 0 Å². The molecule has 0 radical (unpaired) electrons. The number of hydrogen-bond donors (Lipinski definition) is 0. The summed E-state index contributed by atoms with van der Waals surface area (Å²) in [5.74, 6) is 1.21. The van der Waals surface area contributed by atoms with Crippen LogP contribution in [0.5, 0.6) is 0 Å². The van der Waals surface area contributed by atoms with Gasteiger partial charge in [0.05, 0.1) is 10.5 Å². The fraction of sp³-hybridized carbons (Fsp3) is 0.455. The minimum atomic E-state index is -0.155. The molecule has 2 aromatic heterocycles. The van der Waals surface area contributed by atoms with E-state index in [1.807, 2.05) is 26.0 Å². The number of anilines is 1. The number of nitrogens with zero attached hydrogens (tertiary/aromatic N) is 4. The molecule has 0 aliphatic carbocycles. The molecule has 6 nitrogen and oxygen atoms in total. The zero-order valence-electron chi connectivity index (χ0n) is 17.6. The summed E-state index contributed by atoms with van der Waals surface area (Å²) >= 11 is 6.66. The lowest BCUT2D eigenvalue weighted by Crippen LogP contribution is -2.36. The van der Waals surface area contributed by atoms with Crippen molar-refractivity contribution in [3.05, 3.63) is 44.7 Å². The van der Waals surface area contributed by atoms with Gasteiger partial charge in [-0.3, -0.25) is 18.9 Å². The monoisotopic (exact) mass is 442 g/mol. The number of piperidine rings is 1. The largest absolute Gasteiger partial charge is 0.356 e. The number of fused-ring (bicyclic) bond motifs is 1. The van der Waals surface area contributed by atoms with Gasteiger partial charge >= 0.3 is 0 Å². The third-order valence-corrected chi connectivity index (χ3v) is 7.12. The van der Waals surface area contributed by atoms with E-state index in [1.54, 1.807) is 21.6 Å². The van der Waals surface area contributed by atoms with Crippen molar-refractivity contribution >= 4 is 51.7 Å². The minimum absolute atomic E-state index is 0.126. The molecule has 4 heterocycles. The summed E-state index contributed by atoms with van der Waals surface area (Å²) in [6.45, 7) is 8.52. The SMILES string of the molecule is CCCN1C(=O)/C(=C/c2c(N3CCC(C)CC3)nc3c(C)cccn3c2=O)SC1=S. The molecule has 0 atom stereocenters. The lowest BCUT2D eigenvalue weighted by atomic mass is 9.99. The highest BCUT2D eigenvalue weighted by Crippen LogP contribution is 2.34. The molecule has 30 heavy (non-hydrogen) atoms. The van der Waals surface area contributed by atoms with E-state index >= 15 is 0 Å². The third-order valence-electron chi connectivity index (χ3n) is 5.74. The number of rotatable bonds is 4. The van der Waals surface area contributed by atoms with Gasteiger partial charge in [-0.25, -0.2) is 4.98 Å². The first-order chi connectivity index (χ1) is 14.4. The summed E-state index contributed by atoms with van der Waals surface area (Å²) in [6, 6.07) is 3.80. The molecular weight excluding hydrogens is 416 g/mol. The fourth-order valence-corrected chi connectivity index (χ4v) is 5.23. The maximum Gasteiger partial charge on any atom is 0.267 e. The summed E-state index contributed by atoms with van der Waals surface area (Å²) in [5, 5.41) is 0. The first kappa shape index (κ1) is 21.1. The van der Waals surface area contributed by atoms with Crippen LogP contribution in [-0.4, -0.2) is 44.1 Å². The average Bonchev–Trinajstić information content (AvgIpc) is 2.99. The molecule has 2 aromatic rings. The van der Waals surface area contributed by atoms with Crippen LogP contribution in [0.2, 0.25) is 0 Å². The molecule has 1 amide bonds. The Kier molecular flexibility index (Phi) is 5.97. The van der Waals surface area contributed by atoms with Gasteiger partial charge in [0.15, 0.2) is 0 Å². The van der Waals surface area contributed by atoms with E-state index in [0.29, 0.717) is 38.7 Å². The van der Waals surface area contributed by atoms with Crippen LogP contribution >= 0.6 is 24.0 Å². The van der Waals surface area contributed by atoms with Crippen molar-refractivity contribution < 1.29 is 4.79 Å². The van der Waals surface area contributed by atoms with Gasteiger partial charge in [0.1, 0.15) is 15.8 Å². The Morgan fingerprint density at radius 3 is 2.73 bits per heavy atom. The molecule has 0 bridgehead atoms. The summed E-state index contributed by atoms with van der Waals surface area (Å²) in [4.78, 5) is 35.6. The van der Waals surface area contributed by atoms with Gasteiger partial charge in [0.2, 0.25) is 0 Å². The van der Waals surface area contributed by atoms with Crippen LogP contribution in [0, 0.1) is 12.8 Å². The van der Waals surface area contributed by atoms with E-state index in [4.69, 9.17) is 17.2 Å². The molecule has 158 valence electrons. The van der Waals surface area contributed by atoms with Gasteiger partial charge in [0.25, 0.3) is 11.5 Å². The molecule has 0 unspecified atom stereocenters. The maximum absolute atomic E-state index is 13.5. The van der Waals surface area contributed by atoms with E-state index in [9.17, 15) is 9.59 Å². The standard InChI is InChI=1S/C22H26N4O2S2/c1-4-9-26-21(28)17(30-22(26)29)13-16-19(24-11-7-14(2)8-12-24)23-18-15(3)6-5-10-25(18)20(16)27/h5-6,10,13-14H,4,7-9,11-12H2,1-3H3/b17-13-. The van der Waals surface area contributed by atoms with Crippen LogP contribution in [0.1, 0.15) is 44.2 Å². The predicted octanol–water partition coefficient (Wildman–Crippen LogP) is 3.85. The molecule has 0 aromatic carbocycles. The van der Waals surface area contributed by atoms with E-state index in [1.165, 1.54) is 11.8 Å². The Bertz CT molecular complexity index is 1100. The van der Waals surface area contributed by atoms with Crippen molar-refractivity contribution in [3.8, 4) is 0 Å². The Labute approximate surface area is 186 Å². The number of pyridine rings is 1. The first-order valence-corrected chi connectivity index (χ1v) is 11.7. The molecule has 4 rings (SSSR count). The normalized spacial score (nSPS) is 19.5. The van der Waals surface area contributed by atoms with Crippen LogP contribution < -0.4 is 10.5 Å². The number of hydrogen-bond acceptors (Lipinski definition) is 6. The Hall–Kier alpha value is -2.19. The number of carbonyl (C=O) groups is 1.